The SMILES string of the molecule is CCCCCCCCCCCCCCCCCCSCC(COP(=O)([O-])OCC[N+](C)(C)C)NC(C)=O. The van der Waals surface area contributed by atoms with E-state index in [2.05, 4.69) is 12.2 Å². The summed E-state index contributed by atoms with van der Waals surface area (Å²) in [4.78, 5) is 23.5. The number of likely N-dealkylation sites (N-methyl/N-ethyl adjacent to an activating group) is 1. The fourth-order valence-electron chi connectivity index (χ4n) is 4.04. The van der Waals surface area contributed by atoms with Crippen LogP contribution in [0.5, 0.6) is 0 Å². The molecule has 0 radical (unpaired) electrons. The average Bonchev–Trinajstić information content (AvgIpc) is 2.80. The Balaban J connectivity index is 3.71. The van der Waals surface area contributed by atoms with Crippen molar-refractivity contribution in [3.63, 3.8) is 0 Å². The van der Waals surface area contributed by atoms with Crippen LogP contribution in [-0.4, -0.2) is 68.8 Å². The number of rotatable bonds is 27. The molecule has 0 heterocycles. The second-order valence-corrected chi connectivity index (χ2v) is 13.9. The Morgan fingerprint density at radius 1 is 0.838 bits per heavy atom. The first kappa shape index (κ1) is 36.9. The van der Waals surface area contributed by atoms with Gasteiger partial charge in [0, 0.05) is 12.7 Å². The van der Waals surface area contributed by atoms with E-state index in [0.717, 1.165) is 12.2 Å². The summed E-state index contributed by atoms with van der Waals surface area (Å²) < 4.78 is 22.6. The molecular formula is C28H59N2O5PS. The maximum atomic E-state index is 12.0. The van der Waals surface area contributed by atoms with E-state index in [0.29, 0.717) is 16.8 Å². The van der Waals surface area contributed by atoms with Crippen molar-refractivity contribution in [1.82, 2.24) is 5.32 Å². The highest BCUT2D eigenvalue weighted by Crippen LogP contribution is 2.38. The topological polar surface area (TPSA) is 87.7 Å². The van der Waals surface area contributed by atoms with Crippen LogP contribution in [0.25, 0.3) is 0 Å². The van der Waals surface area contributed by atoms with Gasteiger partial charge in [-0.25, -0.2) is 0 Å². The molecule has 2 atom stereocenters. The van der Waals surface area contributed by atoms with E-state index >= 15 is 0 Å². The van der Waals surface area contributed by atoms with Gasteiger partial charge in [0.2, 0.25) is 5.91 Å². The fraction of sp³-hybridized carbons (Fsp3) is 0.964. The van der Waals surface area contributed by atoms with E-state index in [1.807, 2.05) is 21.1 Å². The van der Waals surface area contributed by atoms with Crippen molar-refractivity contribution in [2.75, 3.05) is 52.4 Å². The zero-order valence-electron chi connectivity index (χ0n) is 24.8. The van der Waals surface area contributed by atoms with Crippen LogP contribution in [0, 0.1) is 0 Å². The lowest BCUT2D eigenvalue weighted by atomic mass is 10.0. The molecule has 0 bridgehead atoms. The number of nitrogens with zero attached hydrogens (tertiary/aromatic N) is 1. The van der Waals surface area contributed by atoms with Crippen LogP contribution < -0.4 is 10.2 Å². The van der Waals surface area contributed by atoms with Gasteiger partial charge in [0.15, 0.2) is 0 Å². The minimum atomic E-state index is -4.37. The van der Waals surface area contributed by atoms with Crippen molar-refractivity contribution >= 4 is 25.5 Å². The summed E-state index contributed by atoms with van der Waals surface area (Å²) >= 11 is 1.73. The summed E-state index contributed by atoms with van der Waals surface area (Å²) in [6.07, 6.45) is 21.7. The summed E-state index contributed by atoms with van der Waals surface area (Å²) in [6.45, 7) is 4.23. The number of unbranched alkanes of at least 4 members (excludes halogenated alkanes) is 15. The van der Waals surface area contributed by atoms with Crippen molar-refractivity contribution in [3.8, 4) is 0 Å². The zero-order chi connectivity index (χ0) is 27.8. The molecule has 0 aliphatic carbocycles. The molecule has 0 fully saturated rings. The summed E-state index contributed by atoms with van der Waals surface area (Å²) in [5.74, 6) is 1.43. The van der Waals surface area contributed by atoms with E-state index < -0.39 is 7.82 Å². The minimum Gasteiger partial charge on any atom is -0.756 e. The molecular weight excluding hydrogens is 507 g/mol. The fourth-order valence-corrected chi connectivity index (χ4v) is 5.82. The Morgan fingerprint density at radius 2 is 1.30 bits per heavy atom. The lowest BCUT2D eigenvalue weighted by Gasteiger charge is -2.28. The van der Waals surface area contributed by atoms with Crippen molar-refractivity contribution in [3.05, 3.63) is 0 Å². The summed E-state index contributed by atoms with van der Waals surface area (Å²) in [5.41, 5.74) is 0. The number of phosphoric acid groups is 1. The minimum absolute atomic E-state index is 0.0725. The Labute approximate surface area is 233 Å². The number of carbonyl (C=O) groups excluding carboxylic acids is 1. The number of phosphoric ester groups is 1. The molecule has 2 unspecified atom stereocenters. The van der Waals surface area contributed by atoms with Gasteiger partial charge < -0.3 is 23.7 Å². The predicted octanol–water partition coefficient (Wildman–Crippen LogP) is 6.69. The standard InChI is InChI=1S/C28H59N2O5PS/c1-6-7-8-9-10-11-12-13-14-15-16-17-18-19-20-21-24-37-26-28(29-27(2)31)25-35-36(32,33)34-23-22-30(3,4)5/h28H,6-26H2,1-5H3,(H-,29,31,32,33). The zero-order valence-corrected chi connectivity index (χ0v) is 26.5. The third kappa shape index (κ3) is 28.7. The summed E-state index contributed by atoms with van der Waals surface area (Å²) in [6, 6.07) is -0.354. The number of hydrogen-bond donors (Lipinski definition) is 1. The van der Waals surface area contributed by atoms with Crippen molar-refractivity contribution < 1.29 is 27.8 Å². The van der Waals surface area contributed by atoms with Gasteiger partial charge in [-0.05, 0) is 12.2 Å². The highest BCUT2D eigenvalue weighted by Gasteiger charge is 2.17. The number of amides is 1. The van der Waals surface area contributed by atoms with Crippen LogP contribution in [0.15, 0.2) is 0 Å². The van der Waals surface area contributed by atoms with Crippen LogP contribution in [0.1, 0.15) is 117 Å². The second kappa shape index (κ2) is 23.7. The largest absolute Gasteiger partial charge is 0.756 e. The van der Waals surface area contributed by atoms with Crippen LogP contribution in [0.4, 0.5) is 0 Å². The van der Waals surface area contributed by atoms with Crippen molar-refractivity contribution in [2.45, 2.75) is 123 Å². The van der Waals surface area contributed by atoms with Gasteiger partial charge in [0.05, 0.1) is 33.8 Å². The van der Waals surface area contributed by atoms with Crippen molar-refractivity contribution in [1.29, 1.82) is 0 Å². The molecule has 37 heavy (non-hydrogen) atoms. The molecule has 1 N–H and O–H groups in total. The molecule has 0 aromatic heterocycles. The summed E-state index contributed by atoms with van der Waals surface area (Å²) in [7, 11) is 1.51. The Kier molecular flexibility index (Phi) is 23.7. The molecule has 9 heteroatoms. The van der Waals surface area contributed by atoms with Crippen LogP contribution >= 0.6 is 19.6 Å². The highest BCUT2D eigenvalue weighted by atomic mass is 32.2. The van der Waals surface area contributed by atoms with E-state index in [1.165, 1.54) is 103 Å². The molecule has 1 amide bonds. The normalized spacial score (nSPS) is 14.4. The molecule has 0 saturated heterocycles. The number of quaternary nitrogens is 1. The lowest BCUT2D eigenvalue weighted by Crippen LogP contribution is -2.39. The molecule has 222 valence electrons. The first-order valence-corrected chi connectivity index (χ1v) is 17.4. The maximum absolute atomic E-state index is 12.0. The number of hydrogen-bond acceptors (Lipinski definition) is 6. The Bertz CT molecular complexity index is 589. The Morgan fingerprint density at radius 3 is 1.73 bits per heavy atom. The molecule has 0 aromatic rings. The van der Waals surface area contributed by atoms with Gasteiger partial charge in [-0.15, -0.1) is 0 Å². The molecule has 0 aliphatic rings. The quantitative estimate of drug-likeness (QED) is 0.0677. The van der Waals surface area contributed by atoms with E-state index in [-0.39, 0.29) is 25.2 Å². The first-order chi connectivity index (χ1) is 17.6. The highest BCUT2D eigenvalue weighted by molar-refractivity contribution is 7.99. The van der Waals surface area contributed by atoms with Gasteiger partial charge in [-0.2, -0.15) is 11.8 Å². The number of carbonyl (C=O) groups is 1. The van der Waals surface area contributed by atoms with Gasteiger partial charge in [0.25, 0.3) is 7.82 Å². The predicted molar refractivity (Wildman–Crippen MR) is 157 cm³/mol. The summed E-state index contributed by atoms with van der Waals surface area (Å²) in [5, 5.41) is 2.79. The first-order valence-electron chi connectivity index (χ1n) is 14.8. The number of nitrogens with one attached hydrogen (secondary N) is 1. The molecule has 7 nitrogen and oxygen atoms in total. The molecule has 0 saturated carbocycles. The smallest absolute Gasteiger partial charge is 0.268 e. The van der Waals surface area contributed by atoms with Crippen LogP contribution in [-0.2, 0) is 18.4 Å². The van der Waals surface area contributed by atoms with Crippen LogP contribution in [0.2, 0.25) is 0 Å². The molecule has 0 spiro atoms. The lowest BCUT2D eigenvalue weighted by molar-refractivity contribution is -0.870. The van der Waals surface area contributed by atoms with Crippen molar-refractivity contribution in [2.24, 2.45) is 0 Å². The Hall–Kier alpha value is -0.110. The van der Waals surface area contributed by atoms with Crippen LogP contribution in [0.3, 0.4) is 0 Å². The maximum Gasteiger partial charge on any atom is 0.268 e. The van der Waals surface area contributed by atoms with Gasteiger partial charge in [-0.1, -0.05) is 103 Å². The van der Waals surface area contributed by atoms with Gasteiger partial charge in [-0.3, -0.25) is 9.36 Å². The molecule has 0 rings (SSSR count). The van der Waals surface area contributed by atoms with E-state index in [1.54, 1.807) is 11.8 Å². The number of thioether (sulfide) groups is 1. The van der Waals surface area contributed by atoms with Gasteiger partial charge >= 0.3 is 0 Å². The average molecular weight is 567 g/mol. The monoisotopic (exact) mass is 566 g/mol. The van der Waals surface area contributed by atoms with E-state index in [9.17, 15) is 14.3 Å². The molecule has 0 aromatic carbocycles. The third-order valence-electron chi connectivity index (χ3n) is 6.31. The van der Waals surface area contributed by atoms with Gasteiger partial charge in [0.1, 0.15) is 13.2 Å². The third-order valence-corrected chi connectivity index (χ3v) is 8.49. The van der Waals surface area contributed by atoms with E-state index in [4.69, 9.17) is 9.05 Å². The second-order valence-electron chi connectivity index (χ2n) is 11.4. The molecule has 0 aliphatic heterocycles.